The van der Waals surface area contributed by atoms with E-state index in [9.17, 15) is 14.2 Å². The first kappa shape index (κ1) is 43.0. The van der Waals surface area contributed by atoms with Gasteiger partial charge in [-0.15, -0.1) is 0 Å². The van der Waals surface area contributed by atoms with Gasteiger partial charge in [0.2, 0.25) is 0 Å². The molecular weight excluding hydrogens is 579 g/mol. The molecule has 0 saturated heterocycles. The van der Waals surface area contributed by atoms with E-state index in [1.807, 2.05) is 0 Å². The van der Waals surface area contributed by atoms with Crippen molar-refractivity contribution in [2.24, 2.45) is 5.92 Å². The van der Waals surface area contributed by atoms with E-state index in [4.69, 9.17) is 19.3 Å². The molecule has 0 aromatic carbocycles. The highest BCUT2D eigenvalue weighted by Gasteiger charge is 2.22. The van der Waals surface area contributed by atoms with Crippen LogP contribution in [0.2, 0.25) is 0 Å². The molecule has 262 valence electrons. The average molecular weight is 649 g/mol. The molecule has 1 atom stereocenters. The molecule has 0 unspecified atom stereocenters. The molecule has 0 fully saturated rings. The Morgan fingerprint density at radius 1 is 0.568 bits per heavy atom. The monoisotopic (exact) mass is 648 g/mol. The van der Waals surface area contributed by atoms with Gasteiger partial charge in [0.05, 0.1) is 6.61 Å². The standard InChI is InChI=1S/C35H69O8P/c1-4-5-6-7-8-9-10-11-12-13-14-15-16-17-18-22-25-28-34(36)41-30-33(31-42-44(38,39)40)43-35(37)29-26-23-20-19-21-24-27-32(2)3/h32-33H,4-31H2,1-3H3,(H2,38,39,40)/t33-/m1/s1. The lowest BCUT2D eigenvalue weighted by molar-refractivity contribution is -0.161. The molecule has 0 radical (unpaired) electrons. The molecule has 0 aliphatic carbocycles. The first-order valence-electron chi connectivity index (χ1n) is 18.2. The van der Waals surface area contributed by atoms with Gasteiger partial charge < -0.3 is 19.3 Å². The van der Waals surface area contributed by atoms with Crippen LogP contribution in [0.3, 0.4) is 0 Å². The van der Waals surface area contributed by atoms with Crippen molar-refractivity contribution < 1.29 is 37.9 Å². The largest absolute Gasteiger partial charge is 0.469 e. The molecule has 0 aromatic rings. The molecule has 0 rings (SSSR count). The Bertz CT molecular complexity index is 709. The van der Waals surface area contributed by atoms with E-state index in [1.54, 1.807) is 0 Å². The molecule has 0 heterocycles. The third-order valence-corrected chi connectivity index (χ3v) is 8.54. The van der Waals surface area contributed by atoms with Crippen LogP contribution < -0.4 is 0 Å². The lowest BCUT2D eigenvalue weighted by Crippen LogP contribution is -2.29. The van der Waals surface area contributed by atoms with Crippen LogP contribution >= 0.6 is 7.82 Å². The molecule has 0 aliphatic rings. The molecule has 0 bridgehead atoms. The third-order valence-electron chi connectivity index (χ3n) is 8.05. The fourth-order valence-electron chi connectivity index (χ4n) is 5.32. The van der Waals surface area contributed by atoms with Crippen LogP contribution in [0.5, 0.6) is 0 Å². The van der Waals surface area contributed by atoms with Crippen LogP contribution in [-0.4, -0.2) is 41.0 Å². The van der Waals surface area contributed by atoms with Crippen molar-refractivity contribution in [2.45, 2.75) is 194 Å². The van der Waals surface area contributed by atoms with Crippen molar-refractivity contribution in [1.29, 1.82) is 0 Å². The molecule has 0 aliphatic heterocycles. The highest BCUT2D eigenvalue weighted by molar-refractivity contribution is 7.46. The Morgan fingerprint density at radius 2 is 0.955 bits per heavy atom. The number of esters is 2. The molecule has 0 spiro atoms. The number of phosphoric ester groups is 1. The summed E-state index contributed by atoms with van der Waals surface area (Å²) in [5.41, 5.74) is 0. The van der Waals surface area contributed by atoms with Gasteiger partial charge in [-0.05, 0) is 18.8 Å². The molecule has 2 N–H and O–H groups in total. The highest BCUT2D eigenvalue weighted by atomic mass is 31.2. The zero-order valence-electron chi connectivity index (χ0n) is 28.7. The summed E-state index contributed by atoms with van der Waals surface area (Å²) in [5, 5.41) is 0. The second-order valence-electron chi connectivity index (χ2n) is 13.0. The van der Waals surface area contributed by atoms with Crippen molar-refractivity contribution in [3.8, 4) is 0 Å². The summed E-state index contributed by atoms with van der Waals surface area (Å²) in [7, 11) is -4.74. The van der Waals surface area contributed by atoms with Gasteiger partial charge in [-0.25, -0.2) is 4.57 Å². The van der Waals surface area contributed by atoms with Gasteiger partial charge >= 0.3 is 19.8 Å². The fraction of sp³-hybridized carbons (Fsp3) is 0.943. The van der Waals surface area contributed by atoms with Crippen molar-refractivity contribution in [1.82, 2.24) is 0 Å². The zero-order chi connectivity index (χ0) is 32.7. The minimum absolute atomic E-state index is 0.214. The Kier molecular flexibility index (Phi) is 30.0. The SMILES string of the molecule is CCCCCCCCCCCCCCCCCCCC(=O)OC[C@H](COP(=O)(O)O)OC(=O)CCCCCCCCC(C)C. The van der Waals surface area contributed by atoms with Gasteiger partial charge in [0.15, 0.2) is 6.10 Å². The molecule has 9 heteroatoms. The summed E-state index contributed by atoms with van der Waals surface area (Å²) < 4.78 is 26.2. The molecule has 0 aromatic heterocycles. The third kappa shape index (κ3) is 33.9. The normalized spacial score (nSPS) is 12.5. The number of unbranched alkanes of at least 4 members (excludes halogenated alkanes) is 21. The highest BCUT2D eigenvalue weighted by Crippen LogP contribution is 2.36. The quantitative estimate of drug-likeness (QED) is 0.0410. The van der Waals surface area contributed by atoms with E-state index in [0.717, 1.165) is 44.4 Å². The van der Waals surface area contributed by atoms with Crippen molar-refractivity contribution in [2.75, 3.05) is 13.2 Å². The molecule has 8 nitrogen and oxygen atoms in total. The molecule has 0 amide bonds. The van der Waals surface area contributed by atoms with Gasteiger partial charge in [0, 0.05) is 12.8 Å². The summed E-state index contributed by atoms with van der Waals surface area (Å²) >= 11 is 0. The maximum atomic E-state index is 12.3. The lowest BCUT2D eigenvalue weighted by atomic mass is 10.0. The van der Waals surface area contributed by atoms with Crippen LogP contribution in [0.4, 0.5) is 0 Å². The Labute approximate surface area is 270 Å². The van der Waals surface area contributed by atoms with Crippen molar-refractivity contribution in [3.05, 3.63) is 0 Å². The Hall–Kier alpha value is -0.950. The number of carbonyl (C=O) groups is 2. The number of carbonyl (C=O) groups excluding carboxylic acids is 2. The van der Waals surface area contributed by atoms with E-state index in [2.05, 4.69) is 25.3 Å². The predicted octanol–water partition coefficient (Wildman–Crippen LogP) is 10.4. The second-order valence-corrected chi connectivity index (χ2v) is 14.3. The van der Waals surface area contributed by atoms with E-state index >= 15 is 0 Å². The van der Waals surface area contributed by atoms with Gasteiger partial charge in [0.1, 0.15) is 6.61 Å². The van der Waals surface area contributed by atoms with E-state index in [-0.39, 0.29) is 19.4 Å². The molecule has 0 saturated carbocycles. The van der Waals surface area contributed by atoms with Gasteiger partial charge in [0.25, 0.3) is 0 Å². The first-order chi connectivity index (χ1) is 21.1. The summed E-state index contributed by atoms with van der Waals surface area (Å²) in [4.78, 5) is 42.5. The Balaban J connectivity index is 3.88. The van der Waals surface area contributed by atoms with Crippen molar-refractivity contribution >= 4 is 19.8 Å². The van der Waals surface area contributed by atoms with E-state index < -0.39 is 32.5 Å². The zero-order valence-corrected chi connectivity index (χ0v) is 29.6. The molecule has 44 heavy (non-hydrogen) atoms. The molecular formula is C35H69O8P. The predicted molar refractivity (Wildman–Crippen MR) is 179 cm³/mol. The van der Waals surface area contributed by atoms with Gasteiger partial charge in [-0.3, -0.25) is 14.1 Å². The Morgan fingerprint density at radius 3 is 1.36 bits per heavy atom. The van der Waals surface area contributed by atoms with Crippen LogP contribution in [0, 0.1) is 5.92 Å². The number of phosphoric acid groups is 1. The summed E-state index contributed by atoms with van der Waals surface area (Å²) in [6.45, 7) is 5.91. The van der Waals surface area contributed by atoms with Crippen molar-refractivity contribution in [3.63, 3.8) is 0 Å². The number of hydrogen-bond donors (Lipinski definition) is 2. The minimum Gasteiger partial charge on any atom is -0.462 e. The van der Waals surface area contributed by atoms with E-state index in [0.29, 0.717) is 6.42 Å². The van der Waals surface area contributed by atoms with Crippen LogP contribution in [0.25, 0.3) is 0 Å². The van der Waals surface area contributed by atoms with Gasteiger partial charge in [-0.2, -0.15) is 0 Å². The minimum atomic E-state index is -4.74. The van der Waals surface area contributed by atoms with Gasteiger partial charge in [-0.1, -0.05) is 162 Å². The summed E-state index contributed by atoms with van der Waals surface area (Å²) in [6.07, 6.45) is 28.6. The van der Waals surface area contributed by atoms with Crippen LogP contribution in [0.1, 0.15) is 188 Å². The number of rotatable bonds is 33. The average Bonchev–Trinajstić information content (AvgIpc) is 2.96. The maximum Gasteiger partial charge on any atom is 0.469 e. The first-order valence-corrected chi connectivity index (χ1v) is 19.7. The number of hydrogen-bond acceptors (Lipinski definition) is 6. The summed E-state index contributed by atoms with van der Waals surface area (Å²) in [5.74, 6) is -0.149. The smallest absolute Gasteiger partial charge is 0.462 e. The van der Waals surface area contributed by atoms with E-state index in [1.165, 1.54) is 109 Å². The maximum absolute atomic E-state index is 12.3. The lowest BCUT2D eigenvalue weighted by Gasteiger charge is -2.18. The van der Waals surface area contributed by atoms with Crippen LogP contribution in [0.15, 0.2) is 0 Å². The summed E-state index contributed by atoms with van der Waals surface area (Å²) in [6, 6.07) is 0. The topological polar surface area (TPSA) is 119 Å². The fourth-order valence-corrected chi connectivity index (χ4v) is 5.68. The number of ether oxygens (including phenoxy) is 2. The second kappa shape index (κ2) is 30.7. The van der Waals surface area contributed by atoms with Crippen LogP contribution in [-0.2, 0) is 28.2 Å².